The Morgan fingerprint density at radius 2 is 2.04 bits per heavy atom. The van der Waals surface area contributed by atoms with Gasteiger partial charge in [-0.15, -0.1) is 0 Å². The van der Waals surface area contributed by atoms with Gasteiger partial charge in [0.25, 0.3) is 0 Å². The number of hydrogen-bond acceptors (Lipinski definition) is 4. The molecule has 1 aliphatic rings. The molecule has 1 unspecified atom stereocenters. The van der Waals surface area contributed by atoms with Crippen LogP contribution in [0.3, 0.4) is 0 Å². The monoisotopic (exact) mass is 333 g/mol. The van der Waals surface area contributed by atoms with E-state index in [9.17, 15) is 4.79 Å². The number of benzene rings is 1. The van der Waals surface area contributed by atoms with Crippen molar-refractivity contribution in [2.45, 2.75) is 38.6 Å². The van der Waals surface area contributed by atoms with Crippen molar-refractivity contribution in [2.24, 2.45) is 0 Å². The molecule has 0 bridgehead atoms. The molecule has 1 N–H and O–H groups in total. The van der Waals surface area contributed by atoms with Gasteiger partial charge in [-0.3, -0.25) is 4.79 Å². The first kappa shape index (κ1) is 15.9. The number of amides is 1. The van der Waals surface area contributed by atoms with Gasteiger partial charge in [0, 0.05) is 28.7 Å². The Balaban J connectivity index is 1.66. The van der Waals surface area contributed by atoms with E-state index in [1.807, 2.05) is 45.0 Å². The van der Waals surface area contributed by atoms with Crippen LogP contribution in [-0.4, -0.2) is 23.7 Å². The Bertz CT molecular complexity index is 703. The fourth-order valence-electron chi connectivity index (χ4n) is 2.50. The molecule has 1 fully saturated rings. The molecule has 6 heteroatoms. The smallest absolute Gasteiger partial charge is 0.248 e. The number of aromatic nitrogens is 1. The molecule has 0 spiro atoms. The number of nitrogens with one attached hydrogen (secondary N) is 1. The molecule has 1 atom stereocenters. The molecule has 1 aromatic heterocycles. The van der Waals surface area contributed by atoms with Crippen LogP contribution in [0.1, 0.15) is 33.0 Å². The second-order valence-corrected chi connectivity index (χ2v) is 7.23. The summed E-state index contributed by atoms with van der Waals surface area (Å²) in [7, 11) is 0. The average Bonchev–Trinajstić information content (AvgIpc) is 2.88. The fraction of sp³-hybridized carbons (Fsp3) is 0.412. The lowest BCUT2D eigenvalue weighted by atomic mass is 9.93. The lowest BCUT2D eigenvalue weighted by Crippen LogP contribution is -2.54. The van der Waals surface area contributed by atoms with Crippen molar-refractivity contribution >= 4 is 29.0 Å². The number of rotatable bonds is 3. The van der Waals surface area contributed by atoms with E-state index in [4.69, 9.17) is 16.1 Å². The van der Waals surface area contributed by atoms with Crippen molar-refractivity contribution < 1.29 is 9.32 Å². The SMILES string of the molecule is CC(C)(C)c1cc(NC(=O)C2CCN2c2ccc(Cl)cc2)no1. The third-order valence-corrected chi connectivity index (χ3v) is 4.23. The van der Waals surface area contributed by atoms with Crippen LogP contribution in [-0.2, 0) is 10.2 Å². The van der Waals surface area contributed by atoms with Crippen LogP contribution >= 0.6 is 11.6 Å². The zero-order valence-electron chi connectivity index (χ0n) is 13.5. The highest BCUT2D eigenvalue weighted by molar-refractivity contribution is 6.30. The Labute approximate surface area is 140 Å². The molecule has 1 amide bonds. The summed E-state index contributed by atoms with van der Waals surface area (Å²) in [5.41, 5.74) is 0.859. The topological polar surface area (TPSA) is 58.4 Å². The molecule has 23 heavy (non-hydrogen) atoms. The zero-order valence-corrected chi connectivity index (χ0v) is 14.2. The standard InChI is InChI=1S/C17H20ClN3O2/c1-17(2,3)14-10-15(20-23-14)19-16(22)13-8-9-21(13)12-6-4-11(18)5-7-12/h4-7,10,13H,8-9H2,1-3H3,(H,19,20,22). The Kier molecular flexibility index (Phi) is 4.06. The predicted octanol–water partition coefficient (Wildman–Crippen LogP) is 3.84. The van der Waals surface area contributed by atoms with Gasteiger partial charge in [0.1, 0.15) is 11.8 Å². The van der Waals surface area contributed by atoms with E-state index in [0.717, 1.165) is 24.4 Å². The summed E-state index contributed by atoms with van der Waals surface area (Å²) in [5, 5.41) is 7.45. The second kappa shape index (κ2) is 5.89. The van der Waals surface area contributed by atoms with Gasteiger partial charge in [-0.05, 0) is 30.7 Å². The van der Waals surface area contributed by atoms with Crippen molar-refractivity contribution in [1.29, 1.82) is 0 Å². The molecule has 3 rings (SSSR count). The molecule has 2 aromatic rings. The molecule has 1 saturated heterocycles. The Hall–Kier alpha value is -2.01. The largest absolute Gasteiger partial charge is 0.359 e. The molecule has 122 valence electrons. The summed E-state index contributed by atoms with van der Waals surface area (Å²) in [6.07, 6.45) is 0.818. The number of carbonyl (C=O) groups is 1. The maximum atomic E-state index is 12.4. The van der Waals surface area contributed by atoms with Crippen molar-refractivity contribution in [2.75, 3.05) is 16.8 Å². The molecule has 5 nitrogen and oxygen atoms in total. The first-order valence-corrected chi connectivity index (χ1v) is 8.03. The lowest BCUT2D eigenvalue weighted by Gasteiger charge is -2.41. The van der Waals surface area contributed by atoms with Crippen molar-refractivity contribution in [3.8, 4) is 0 Å². The van der Waals surface area contributed by atoms with Crippen LogP contribution in [0.15, 0.2) is 34.9 Å². The molecule has 0 radical (unpaired) electrons. The Morgan fingerprint density at radius 3 is 2.57 bits per heavy atom. The van der Waals surface area contributed by atoms with Gasteiger partial charge in [-0.25, -0.2) is 0 Å². The van der Waals surface area contributed by atoms with Gasteiger partial charge in [0.05, 0.1) is 0 Å². The van der Waals surface area contributed by atoms with E-state index in [-0.39, 0.29) is 17.4 Å². The molecule has 0 aliphatic carbocycles. The van der Waals surface area contributed by atoms with E-state index >= 15 is 0 Å². The number of carbonyl (C=O) groups excluding carboxylic acids is 1. The third kappa shape index (κ3) is 3.34. The summed E-state index contributed by atoms with van der Waals surface area (Å²) in [5.74, 6) is 1.14. The fourth-order valence-corrected chi connectivity index (χ4v) is 2.62. The van der Waals surface area contributed by atoms with E-state index in [2.05, 4.69) is 15.4 Å². The predicted molar refractivity (Wildman–Crippen MR) is 91.0 cm³/mol. The quantitative estimate of drug-likeness (QED) is 0.927. The van der Waals surface area contributed by atoms with Crippen LogP contribution in [0.5, 0.6) is 0 Å². The summed E-state index contributed by atoms with van der Waals surface area (Å²) in [6.45, 7) is 6.96. The van der Waals surface area contributed by atoms with Gasteiger partial charge < -0.3 is 14.7 Å². The number of hydrogen-bond donors (Lipinski definition) is 1. The summed E-state index contributed by atoms with van der Waals surface area (Å²) < 4.78 is 5.29. The third-order valence-electron chi connectivity index (χ3n) is 3.98. The van der Waals surface area contributed by atoms with Crippen molar-refractivity contribution in [3.63, 3.8) is 0 Å². The first-order chi connectivity index (χ1) is 10.8. The highest BCUT2D eigenvalue weighted by atomic mass is 35.5. The summed E-state index contributed by atoms with van der Waals surface area (Å²) in [6, 6.07) is 9.11. The maximum Gasteiger partial charge on any atom is 0.248 e. The van der Waals surface area contributed by atoms with E-state index < -0.39 is 0 Å². The minimum absolute atomic E-state index is 0.0695. The molecular formula is C17H20ClN3O2. The summed E-state index contributed by atoms with van der Waals surface area (Å²) in [4.78, 5) is 14.5. The normalized spacial score (nSPS) is 17.7. The van der Waals surface area contributed by atoms with Gasteiger partial charge in [0.15, 0.2) is 5.82 Å². The molecule has 1 aromatic carbocycles. The minimum atomic E-state index is -0.189. The van der Waals surface area contributed by atoms with Crippen LogP contribution in [0.25, 0.3) is 0 Å². The van der Waals surface area contributed by atoms with Gasteiger partial charge >= 0.3 is 0 Å². The number of nitrogens with zero attached hydrogens (tertiary/aromatic N) is 2. The first-order valence-electron chi connectivity index (χ1n) is 7.65. The zero-order chi connectivity index (χ0) is 16.6. The molecule has 1 aliphatic heterocycles. The van der Waals surface area contributed by atoms with Gasteiger partial charge in [-0.1, -0.05) is 37.5 Å². The van der Waals surface area contributed by atoms with Crippen LogP contribution in [0.2, 0.25) is 5.02 Å². The lowest BCUT2D eigenvalue weighted by molar-refractivity contribution is -0.118. The van der Waals surface area contributed by atoms with E-state index in [0.29, 0.717) is 10.8 Å². The molecule has 0 saturated carbocycles. The van der Waals surface area contributed by atoms with Gasteiger partial charge in [0.2, 0.25) is 5.91 Å². The van der Waals surface area contributed by atoms with Crippen LogP contribution in [0.4, 0.5) is 11.5 Å². The van der Waals surface area contributed by atoms with Gasteiger partial charge in [-0.2, -0.15) is 0 Å². The maximum absolute atomic E-state index is 12.4. The van der Waals surface area contributed by atoms with Crippen molar-refractivity contribution in [1.82, 2.24) is 5.16 Å². The molecular weight excluding hydrogens is 314 g/mol. The van der Waals surface area contributed by atoms with Crippen molar-refractivity contribution in [3.05, 3.63) is 41.1 Å². The highest BCUT2D eigenvalue weighted by Gasteiger charge is 2.34. The Morgan fingerprint density at radius 1 is 1.35 bits per heavy atom. The average molecular weight is 334 g/mol. The number of halogens is 1. The summed E-state index contributed by atoms with van der Waals surface area (Å²) >= 11 is 5.91. The highest BCUT2D eigenvalue weighted by Crippen LogP contribution is 2.29. The van der Waals surface area contributed by atoms with E-state index in [1.54, 1.807) is 6.07 Å². The second-order valence-electron chi connectivity index (χ2n) is 6.79. The number of anilines is 2. The molecule has 2 heterocycles. The van der Waals surface area contributed by atoms with E-state index in [1.165, 1.54) is 0 Å². The van der Waals surface area contributed by atoms with Crippen LogP contribution in [0, 0.1) is 0 Å². The minimum Gasteiger partial charge on any atom is -0.359 e. The van der Waals surface area contributed by atoms with Crippen LogP contribution < -0.4 is 10.2 Å².